The van der Waals surface area contributed by atoms with Crippen molar-refractivity contribution in [1.29, 1.82) is 0 Å². The highest BCUT2D eigenvalue weighted by molar-refractivity contribution is 5.56. The Labute approximate surface area is 194 Å². The van der Waals surface area contributed by atoms with Crippen molar-refractivity contribution in [1.82, 2.24) is 19.9 Å². The molecular formula is C25H25F3N4O2. The van der Waals surface area contributed by atoms with E-state index in [4.69, 9.17) is 4.74 Å². The van der Waals surface area contributed by atoms with Crippen LogP contribution in [0.15, 0.2) is 47.4 Å². The van der Waals surface area contributed by atoms with Crippen molar-refractivity contribution in [3.63, 3.8) is 0 Å². The molecule has 9 heteroatoms. The van der Waals surface area contributed by atoms with Gasteiger partial charge in [-0.15, -0.1) is 0 Å². The number of hydrogen-bond donors (Lipinski definition) is 1. The monoisotopic (exact) mass is 470 g/mol. The van der Waals surface area contributed by atoms with Gasteiger partial charge in [0, 0.05) is 43.4 Å². The van der Waals surface area contributed by atoms with E-state index in [-0.39, 0.29) is 17.5 Å². The summed E-state index contributed by atoms with van der Waals surface area (Å²) >= 11 is 0. The summed E-state index contributed by atoms with van der Waals surface area (Å²) in [5.74, 6) is 0.940. The van der Waals surface area contributed by atoms with E-state index in [9.17, 15) is 18.0 Å². The maximum Gasteiger partial charge on any atom is 0.416 e. The Morgan fingerprint density at radius 3 is 2.62 bits per heavy atom. The molecule has 2 aromatic heterocycles. The minimum atomic E-state index is -4.41. The molecule has 0 amide bonds. The highest BCUT2D eigenvalue weighted by atomic mass is 19.4. The maximum atomic E-state index is 12.8. The summed E-state index contributed by atoms with van der Waals surface area (Å²) in [6.07, 6.45) is 2.58. The molecule has 0 saturated heterocycles. The summed E-state index contributed by atoms with van der Waals surface area (Å²) in [6, 6.07) is 8.54. The molecule has 34 heavy (non-hydrogen) atoms. The first kappa shape index (κ1) is 22.6. The first-order valence-electron chi connectivity index (χ1n) is 11.5. The molecule has 0 bridgehead atoms. The average Bonchev–Trinajstić information content (AvgIpc) is 3.33. The molecule has 1 aromatic carbocycles. The van der Waals surface area contributed by atoms with E-state index in [1.807, 2.05) is 12.1 Å². The van der Waals surface area contributed by atoms with Crippen LogP contribution < -0.4 is 10.3 Å². The Morgan fingerprint density at radius 1 is 1.12 bits per heavy atom. The fourth-order valence-corrected chi connectivity index (χ4v) is 4.63. The van der Waals surface area contributed by atoms with E-state index in [1.165, 1.54) is 25.0 Å². The van der Waals surface area contributed by atoms with Crippen molar-refractivity contribution in [3.05, 3.63) is 75.3 Å². The molecule has 1 N–H and O–H groups in total. The molecule has 0 radical (unpaired) electrons. The van der Waals surface area contributed by atoms with Gasteiger partial charge in [-0.2, -0.15) is 13.2 Å². The van der Waals surface area contributed by atoms with Gasteiger partial charge in [-0.25, -0.2) is 9.97 Å². The topological polar surface area (TPSA) is 71.1 Å². The Balaban J connectivity index is 1.32. The van der Waals surface area contributed by atoms with E-state index in [2.05, 4.69) is 19.9 Å². The van der Waals surface area contributed by atoms with Gasteiger partial charge in [0.15, 0.2) is 0 Å². The van der Waals surface area contributed by atoms with Gasteiger partial charge in [-0.1, -0.05) is 18.2 Å². The Morgan fingerprint density at radius 2 is 1.88 bits per heavy atom. The Bertz CT molecular complexity index is 1220. The molecular weight excluding hydrogens is 445 g/mol. The van der Waals surface area contributed by atoms with Gasteiger partial charge in [0.25, 0.3) is 5.56 Å². The van der Waals surface area contributed by atoms with Crippen molar-refractivity contribution < 1.29 is 17.9 Å². The molecule has 178 valence electrons. The minimum absolute atomic E-state index is 0.214. The number of fused-ring (bicyclic) bond motifs is 1. The van der Waals surface area contributed by atoms with Gasteiger partial charge in [-0.3, -0.25) is 9.69 Å². The van der Waals surface area contributed by atoms with E-state index in [0.29, 0.717) is 48.8 Å². The molecule has 1 fully saturated rings. The number of alkyl halides is 3. The van der Waals surface area contributed by atoms with Gasteiger partial charge < -0.3 is 9.72 Å². The molecule has 3 aromatic rings. The smallest absolute Gasteiger partial charge is 0.416 e. The number of pyridine rings is 1. The van der Waals surface area contributed by atoms with Gasteiger partial charge in [0.1, 0.15) is 11.9 Å². The Kier molecular flexibility index (Phi) is 6.12. The zero-order valence-electron chi connectivity index (χ0n) is 18.6. The molecule has 3 heterocycles. The summed E-state index contributed by atoms with van der Waals surface area (Å²) in [4.78, 5) is 26.7. The molecule has 1 aliphatic heterocycles. The molecule has 2 aliphatic rings. The number of benzene rings is 1. The lowest BCUT2D eigenvalue weighted by Gasteiger charge is -2.28. The van der Waals surface area contributed by atoms with Crippen molar-refractivity contribution in [2.75, 3.05) is 6.54 Å². The summed E-state index contributed by atoms with van der Waals surface area (Å²) < 4.78 is 44.7. The minimum Gasteiger partial charge on any atom is -0.474 e. The maximum absolute atomic E-state index is 12.8. The molecule has 6 nitrogen and oxygen atoms in total. The largest absolute Gasteiger partial charge is 0.474 e. The summed E-state index contributed by atoms with van der Waals surface area (Å²) in [7, 11) is 0. The lowest BCUT2D eigenvalue weighted by Crippen LogP contribution is -2.35. The number of aromatic nitrogens is 3. The van der Waals surface area contributed by atoms with Gasteiger partial charge in [0.2, 0.25) is 5.88 Å². The summed E-state index contributed by atoms with van der Waals surface area (Å²) in [5, 5.41) is 0. The predicted molar refractivity (Wildman–Crippen MR) is 120 cm³/mol. The number of H-pyrrole nitrogens is 1. The van der Waals surface area contributed by atoms with Crippen LogP contribution >= 0.6 is 0 Å². The van der Waals surface area contributed by atoms with Crippen LogP contribution in [0.25, 0.3) is 11.4 Å². The third kappa shape index (κ3) is 4.84. The zero-order valence-corrected chi connectivity index (χ0v) is 18.6. The van der Waals surface area contributed by atoms with Crippen LogP contribution in [0.5, 0.6) is 5.88 Å². The van der Waals surface area contributed by atoms with Gasteiger partial charge >= 0.3 is 6.18 Å². The van der Waals surface area contributed by atoms with Crippen molar-refractivity contribution in [2.45, 2.75) is 57.5 Å². The number of hydrogen-bond acceptors (Lipinski definition) is 5. The fraction of sp³-hybridized carbons (Fsp3) is 0.400. The molecule has 5 rings (SSSR count). The molecule has 0 unspecified atom stereocenters. The first-order valence-corrected chi connectivity index (χ1v) is 11.5. The van der Waals surface area contributed by atoms with E-state index < -0.39 is 11.7 Å². The molecule has 1 saturated carbocycles. The fourth-order valence-electron chi connectivity index (χ4n) is 4.63. The third-order valence-corrected chi connectivity index (χ3v) is 6.46. The normalized spacial score (nSPS) is 17.0. The van der Waals surface area contributed by atoms with Crippen LogP contribution in [0.4, 0.5) is 13.2 Å². The SMILES string of the molecule is O=c1[nH]c(-c2ccc(C(F)(F)F)cc2)nc2c1CN(Cc1cccnc1OC1CCCC1)CC2. The third-order valence-electron chi connectivity index (χ3n) is 6.46. The highest BCUT2D eigenvalue weighted by Gasteiger charge is 2.30. The molecule has 0 spiro atoms. The number of nitrogens with one attached hydrogen (secondary N) is 1. The van der Waals surface area contributed by atoms with Crippen LogP contribution in [0.2, 0.25) is 0 Å². The van der Waals surface area contributed by atoms with Crippen LogP contribution in [-0.4, -0.2) is 32.5 Å². The van der Waals surface area contributed by atoms with Crippen molar-refractivity contribution in [3.8, 4) is 17.3 Å². The highest BCUT2D eigenvalue weighted by Crippen LogP contribution is 2.31. The van der Waals surface area contributed by atoms with Gasteiger partial charge in [0.05, 0.1) is 16.8 Å². The van der Waals surface area contributed by atoms with Crippen molar-refractivity contribution in [2.24, 2.45) is 0 Å². The number of halogens is 3. The van der Waals surface area contributed by atoms with Crippen LogP contribution in [0, 0.1) is 0 Å². The average molecular weight is 470 g/mol. The first-order chi connectivity index (χ1) is 16.4. The van der Waals surface area contributed by atoms with E-state index >= 15 is 0 Å². The molecule has 1 aliphatic carbocycles. The Hall–Kier alpha value is -3.20. The summed E-state index contributed by atoms with van der Waals surface area (Å²) in [5.41, 5.74) is 1.70. The van der Waals surface area contributed by atoms with E-state index in [1.54, 1.807) is 6.20 Å². The van der Waals surface area contributed by atoms with Crippen LogP contribution in [0.3, 0.4) is 0 Å². The summed E-state index contributed by atoms with van der Waals surface area (Å²) in [6.45, 7) is 1.74. The zero-order chi connectivity index (χ0) is 23.7. The lowest BCUT2D eigenvalue weighted by molar-refractivity contribution is -0.137. The number of nitrogens with zero attached hydrogens (tertiary/aromatic N) is 3. The molecule has 0 atom stereocenters. The second-order valence-electron chi connectivity index (χ2n) is 8.87. The second-order valence-corrected chi connectivity index (χ2v) is 8.87. The second kappa shape index (κ2) is 9.21. The number of aromatic amines is 1. The van der Waals surface area contributed by atoms with Crippen LogP contribution in [-0.2, 0) is 25.7 Å². The van der Waals surface area contributed by atoms with Gasteiger partial charge in [-0.05, 0) is 43.9 Å². The van der Waals surface area contributed by atoms with Crippen molar-refractivity contribution >= 4 is 0 Å². The number of ether oxygens (including phenoxy) is 1. The standard InChI is InChI=1S/C25H25F3N4O2/c26-25(27,28)18-9-7-16(8-10-18)22-30-21-11-13-32(15-20(21)23(33)31-22)14-17-4-3-12-29-24(17)34-19-5-1-2-6-19/h3-4,7-10,12,19H,1-2,5-6,11,13-15H2,(H,30,31,33). The van der Waals surface area contributed by atoms with E-state index in [0.717, 1.165) is 30.5 Å². The quantitative estimate of drug-likeness (QED) is 0.584. The predicted octanol–water partition coefficient (Wildman–Crippen LogP) is 4.73. The van der Waals surface area contributed by atoms with Crippen LogP contribution in [0.1, 0.15) is 48.1 Å². The number of rotatable bonds is 5. The lowest BCUT2D eigenvalue weighted by atomic mass is 10.1.